The third-order valence-electron chi connectivity index (χ3n) is 12.5. The van der Waals surface area contributed by atoms with Crippen molar-refractivity contribution in [1.29, 1.82) is 0 Å². The van der Waals surface area contributed by atoms with Crippen LogP contribution >= 0.6 is 0 Å². The largest absolute Gasteiger partial charge is 0.488 e. The molecule has 340 valence electrons. The quantitative estimate of drug-likeness (QED) is 0.206. The smallest absolute Gasteiger partial charge is 0.311 e. The van der Waals surface area contributed by atoms with E-state index < -0.39 is 95.5 Å². The summed E-state index contributed by atoms with van der Waals surface area (Å²) in [4.78, 5) is 48.1. The Morgan fingerprint density at radius 3 is 2.34 bits per heavy atom. The summed E-state index contributed by atoms with van der Waals surface area (Å²) in [6, 6.07) is 3.39. The van der Waals surface area contributed by atoms with Crippen LogP contribution in [0.1, 0.15) is 108 Å². The summed E-state index contributed by atoms with van der Waals surface area (Å²) in [6.07, 6.45) is -0.0663. The molecule has 0 amide bonds. The van der Waals surface area contributed by atoms with Gasteiger partial charge in [0.25, 0.3) is 0 Å². The first kappa shape index (κ1) is 48.1. The summed E-state index contributed by atoms with van der Waals surface area (Å²) >= 11 is 0. The van der Waals surface area contributed by atoms with Gasteiger partial charge in [-0.1, -0.05) is 53.7 Å². The van der Waals surface area contributed by atoms with Gasteiger partial charge in [0, 0.05) is 24.6 Å². The number of likely N-dealkylation sites (N-methyl/N-ethyl adjacent to an activating group) is 1. The molecular weight excluding hydrogens is 787 g/mol. The van der Waals surface area contributed by atoms with Crippen LogP contribution < -0.4 is 0 Å². The molecule has 13 atom stereocenters. The molecule has 0 aromatic carbocycles. The number of pyridine rings is 1. The number of aromatic nitrogens is 4. The van der Waals surface area contributed by atoms with Crippen LogP contribution in [0, 0.1) is 29.6 Å². The fourth-order valence-electron chi connectivity index (χ4n) is 9.08. The minimum absolute atomic E-state index is 0.0345. The molecule has 61 heavy (non-hydrogen) atoms. The number of hydrogen-bond donors (Lipinski definition) is 1. The zero-order chi connectivity index (χ0) is 45.1. The number of carbonyl (C=O) groups is 3. The number of cyclic esters (lactones) is 1. The Morgan fingerprint density at radius 2 is 1.74 bits per heavy atom. The van der Waals surface area contributed by atoms with E-state index in [0.29, 0.717) is 30.0 Å². The molecule has 0 radical (unpaired) electrons. The van der Waals surface area contributed by atoms with Crippen molar-refractivity contribution >= 4 is 17.9 Å². The van der Waals surface area contributed by atoms with Gasteiger partial charge < -0.3 is 43.2 Å². The second-order valence-electron chi connectivity index (χ2n) is 18.5. The van der Waals surface area contributed by atoms with Crippen LogP contribution in [-0.2, 0) is 54.1 Å². The topological polar surface area (TPSA) is 183 Å². The Bertz CT molecular complexity index is 1850. The van der Waals surface area contributed by atoms with Gasteiger partial charge in [-0.05, 0) is 79.3 Å². The molecule has 2 aromatic heterocycles. The van der Waals surface area contributed by atoms with E-state index in [-0.39, 0.29) is 25.2 Å². The highest BCUT2D eigenvalue weighted by Crippen LogP contribution is 2.48. The monoisotopic (exact) mass is 855 g/mol. The maximum Gasteiger partial charge on any atom is 0.311 e. The number of fused-ring (bicyclic) bond motifs is 2. The van der Waals surface area contributed by atoms with E-state index >= 15 is 0 Å². The fourth-order valence-corrected chi connectivity index (χ4v) is 9.08. The standard InChI is InChI=1S/C45H69N5O11/c1-15-34-45(12,61-41(53)25(4)5)39(58-40(52)24(2)3)28(8)36-26(6)20-44(11,60-36)38(59-43-35(51)33(49(13)14)19-27(7)56-43)29(9)37(30(10)42(54)57-34)55-23-31-22-50(48-47-31)32-17-16-18-46-21-32/h16-18,21-22,24-25,27-30,33-35,37-39,43,51H,15,19-20,23H2,1-14H3/t27-,28+,29+,30-,33+,34-,35-,37+,38-,39-,43+,44-,45-/m1/s1. The Balaban J connectivity index is 1.65. The Kier molecular flexibility index (Phi) is 15.5. The first-order chi connectivity index (χ1) is 28.6. The first-order valence-electron chi connectivity index (χ1n) is 21.7. The number of nitrogens with zero attached hydrogens (tertiary/aromatic N) is 5. The molecular formula is C45H69N5O11. The number of carbonyl (C=O) groups excluding carboxylic acids is 3. The number of esters is 3. The van der Waals surface area contributed by atoms with Crippen LogP contribution in [0.25, 0.3) is 5.69 Å². The van der Waals surface area contributed by atoms with Crippen LogP contribution in [0.2, 0.25) is 0 Å². The van der Waals surface area contributed by atoms with Gasteiger partial charge in [0.15, 0.2) is 18.0 Å². The highest BCUT2D eigenvalue weighted by atomic mass is 16.7. The molecule has 0 saturated carbocycles. The predicted molar refractivity (Wildman–Crippen MR) is 224 cm³/mol. The third-order valence-corrected chi connectivity index (χ3v) is 12.5. The van der Waals surface area contributed by atoms with Crippen molar-refractivity contribution < 1.29 is 52.6 Å². The van der Waals surface area contributed by atoms with Gasteiger partial charge in [-0.2, -0.15) is 0 Å². The van der Waals surface area contributed by atoms with Crippen LogP contribution in [0.3, 0.4) is 0 Å². The second-order valence-corrected chi connectivity index (χ2v) is 18.5. The molecule has 0 unspecified atom stereocenters. The molecule has 2 aromatic rings. The van der Waals surface area contributed by atoms with Crippen molar-refractivity contribution in [3.8, 4) is 5.69 Å². The van der Waals surface area contributed by atoms with Gasteiger partial charge in [-0.3, -0.25) is 19.4 Å². The minimum atomic E-state index is -1.67. The Morgan fingerprint density at radius 1 is 1.05 bits per heavy atom. The lowest BCUT2D eigenvalue weighted by Gasteiger charge is -2.47. The highest BCUT2D eigenvalue weighted by Gasteiger charge is 2.58. The van der Waals surface area contributed by atoms with E-state index in [1.54, 1.807) is 70.9 Å². The lowest BCUT2D eigenvalue weighted by molar-refractivity contribution is -0.299. The minimum Gasteiger partial charge on any atom is -0.488 e. The van der Waals surface area contributed by atoms with Crippen LogP contribution in [-0.4, -0.2) is 122 Å². The summed E-state index contributed by atoms with van der Waals surface area (Å²) < 4.78 is 47.9. The van der Waals surface area contributed by atoms with E-state index in [1.165, 1.54) is 0 Å². The van der Waals surface area contributed by atoms with Gasteiger partial charge in [0.05, 0.1) is 60.6 Å². The lowest BCUT2D eigenvalue weighted by atomic mass is 9.78. The summed E-state index contributed by atoms with van der Waals surface area (Å²) in [5.74, 6) is -4.49. The van der Waals surface area contributed by atoms with Crippen molar-refractivity contribution in [1.82, 2.24) is 24.9 Å². The third kappa shape index (κ3) is 10.5. The molecule has 3 aliphatic rings. The summed E-state index contributed by atoms with van der Waals surface area (Å²) in [7, 11) is 3.82. The first-order valence-corrected chi connectivity index (χ1v) is 21.7. The zero-order valence-electron chi connectivity index (χ0n) is 38.5. The average molecular weight is 856 g/mol. The molecule has 5 heterocycles. The van der Waals surface area contributed by atoms with Crippen molar-refractivity contribution in [2.75, 3.05) is 14.1 Å². The van der Waals surface area contributed by atoms with E-state index in [1.807, 2.05) is 66.6 Å². The number of rotatable bonds is 12. The van der Waals surface area contributed by atoms with Crippen molar-refractivity contribution in [3.63, 3.8) is 0 Å². The maximum absolute atomic E-state index is 14.7. The summed E-state index contributed by atoms with van der Waals surface area (Å²) in [5.41, 5.74) is -0.726. The number of ether oxygens (including phenoxy) is 7. The van der Waals surface area contributed by atoms with Crippen LogP contribution in [0.15, 0.2) is 42.1 Å². The van der Waals surface area contributed by atoms with Gasteiger partial charge >= 0.3 is 17.9 Å². The van der Waals surface area contributed by atoms with Gasteiger partial charge in [0.2, 0.25) is 0 Å². The molecule has 0 aliphatic carbocycles. The van der Waals surface area contributed by atoms with Crippen LogP contribution in [0.5, 0.6) is 0 Å². The summed E-state index contributed by atoms with van der Waals surface area (Å²) in [5, 5.41) is 20.4. The Labute approximate surface area is 360 Å². The predicted octanol–water partition coefficient (Wildman–Crippen LogP) is 5.58. The SMILES string of the molecule is CC[C@H]1OC(=O)[C@H](C)[C@@H](OCc2cn(-c3cccnc3)nn2)[C@H](C)[C@@H](O[C@@H]2O[C@H](C)C[C@H](N(C)C)[C@H]2O)[C@@]2(C)CC(C)=C(O2)[C@H](C)[C@@H](OC(=O)C(C)C)[C@]1(C)OC(=O)C(C)C. The maximum atomic E-state index is 14.7. The molecule has 16 heteroatoms. The normalized spacial score (nSPS) is 35.0. The van der Waals surface area contributed by atoms with E-state index in [4.69, 9.17) is 33.2 Å². The highest BCUT2D eigenvalue weighted by molar-refractivity contribution is 5.74. The molecule has 0 spiro atoms. The number of aliphatic hydroxyl groups is 1. The van der Waals surface area contributed by atoms with Crippen molar-refractivity contribution in [2.45, 2.75) is 169 Å². The molecule has 1 N–H and O–H groups in total. The van der Waals surface area contributed by atoms with E-state index in [0.717, 1.165) is 5.57 Å². The average Bonchev–Trinajstić information content (AvgIpc) is 3.81. The lowest BCUT2D eigenvalue weighted by Crippen LogP contribution is -2.59. The summed E-state index contributed by atoms with van der Waals surface area (Å²) in [6.45, 7) is 21.7. The molecule has 5 rings (SSSR count). The second kappa shape index (κ2) is 19.6. The fraction of sp³-hybridized carbons (Fsp3) is 0.733. The van der Waals surface area contributed by atoms with Gasteiger partial charge in [-0.15, -0.1) is 5.10 Å². The van der Waals surface area contributed by atoms with Crippen molar-refractivity contribution in [3.05, 3.63) is 47.7 Å². The van der Waals surface area contributed by atoms with Crippen LogP contribution in [0.4, 0.5) is 0 Å². The van der Waals surface area contributed by atoms with Gasteiger partial charge in [0.1, 0.15) is 35.4 Å². The molecule has 16 nitrogen and oxygen atoms in total. The molecule has 3 aliphatic heterocycles. The number of aliphatic hydroxyl groups excluding tert-OH is 1. The van der Waals surface area contributed by atoms with E-state index in [9.17, 15) is 19.5 Å². The van der Waals surface area contributed by atoms with Crippen molar-refractivity contribution in [2.24, 2.45) is 29.6 Å². The molecule has 2 bridgehead atoms. The van der Waals surface area contributed by atoms with Gasteiger partial charge in [-0.25, -0.2) is 4.68 Å². The molecule has 2 fully saturated rings. The zero-order valence-corrected chi connectivity index (χ0v) is 38.5. The molecule has 2 saturated heterocycles. The Hall–Kier alpha value is -3.96. The number of hydrogen-bond acceptors (Lipinski definition) is 15. The van der Waals surface area contributed by atoms with E-state index in [2.05, 4.69) is 15.3 Å².